The van der Waals surface area contributed by atoms with Crippen molar-refractivity contribution in [3.05, 3.63) is 29.3 Å². The molecule has 2 amide bonds. The van der Waals surface area contributed by atoms with Crippen LogP contribution in [0.5, 0.6) is 0 Å². The number of rotatable bonds is 8. The molecular weight excluding hydrogens is 376 g/mol. The Hall–Kier alpha value is -2.46. The van der Waals surface area contributed by atoms with E-state index < -0.39 is 5.97 Å². The van der Waals surface area contributed by atoms with E-state index >= 15 is 0 Å². The number of carboxylic acid groups (broad SMARTS) is 1. The monoisotopic (exact) mass is 394 g/mol. The molecule has 0 radical (unpaired) electrons. The van der Waals surface area contributed by atoms with Gasteiger partial charge in [-0.3, -0.25) is 19.7 Å². The molecular formula is C16H18N4O4S2. The van der Waals surface area contributed by atoms with Gasteiger partial charge >= 0.3 is 5.97 Å². The van der Waals surface area contributed by atoms with Gasteiger partial charge in [-0.05, 0) is 38.1 Å². The standard InChI is InChI=1S/C16H18N4O4S2/c1-9(15(24)18-16-20-19-10(2)26-16)25-12-5-3-11(4-6-12)17-13(21)7-8-14(22)23/h3-6,9H,7-8H2,1-2H3,(H,17,21)(H,22,23)(H,18,20,24)/t9-/m0/s1. The van der Waals surface area contributed by atoms with Crippen LogP contribution in [-0.2, 0) is 14.4 Å². The number of thioether (sulfide) groups is 1. The molecule has 0 aliphatic heterocycles. The van der Waals surface area contributed by atoms with Crippen LogP contribution < -0.4 is 10.6 Å². The first-order valence-corrected chi connectivity index (χ1v) is 9.42. The topological polar surface area (TPSA) is 121 Å². The van der Waals surface area contributed by atoms with Crippen molar-refractivity contribution in [3.8, 4) is 0 Å². The predicted molar refractivity (Wildman–Crippen MR) is 101 cm³/mol. The second-order valence-electron chi connectivity index (χ2n) is 5.34. The lowest BCUT2D eigenvalue weighted by molar-refractivity contribution is -0.138. The summed E-state index contributed by atoms with van der Waals surface area (Å²) < 4.78 is 0. The Morgan fingerprint density at radius 2 is 1.85 bits per heavy atom. The Labute approximate surface area is 158 Å². The van der Waals surface area contributed by atoms with Crippen LogP contribution >= 0.6 is 23.1 Å². The second-order valence-corrected chi connectivity index (χ2v) is 7.94. The van der Waals surface area contributed by atoms with Crippen LogP contribution in [0.3, 0.4) is 0 Å². The Bertz CT molecular complexity index is 792. The molecule has 0 bridgehead atoms. The Balaban J connectivity index is 1.84. The first kappa shape index (κ1) is 19.9. The Kier molecular flexibility index (Phi) is 7.10. The Morgan fingerprint density at radius 1 is 1.15 bits per heavy atom. The molecule has 0 saturated heterocycles. The first-order valence-electron chi connectivity index (χ1n) is 7.73. The molecule has 1 atom stereocenters. The van der Waals surface area contributed by atoms with Gasteiger partial charge in [-0.15, -0.1) is 22.0 Å². The molecule has 0 unspecified atom stereocenters. The summed E-state index contributed by atoms with van der Waals surface area (Å²) in [6.45, 7) is 3.60. The van der Waals surface area contributed by atoms with Crippen LogP contribution in [0.1, 0.15) is 24.8 Å². The molecule has 3 N–H and O–H groups in total. The third-order valence-electron chi connectivity index (χ3n) is 3.14. The molecule has 2 rings (SSSR count). The number of aliphatic carboxylic acids is 1. The van der Waals surface area contributed by atoms with Crippen molar-refractivity contribution in [2.75, 3.05) is 10.6 Å². The highest BCUT2D eigenvalue weighted by Crippen LogP contribution is 2.26. The van der Waals surface area contributed by atoms with Crippen molar-refractivity contribution in [2.45, 2.75) is 36.8 Å². The summed E-state index contributed by atoms with van der Waals surface area (Å²) in [6.07, 6.45) is -0.283. The third kappa shape index (κ3) is 6.45. The number of carboxylic acids is 1. The van der Waals surface area contributed by atoms with Crippen LogP contribution in [0, 0.1) is 6.92 Å². The molecule has 1 aromatic carbocycles. The fourth-order valence-electron chi connectivity index (χ4n) is 1.87. The number of amides is 2. The van der Waals surface area contributed by atoms with Gasteiger partial charge in [0, 0.05) is 17.0 Å². The van der Waals surface area contributed by atoms with Gasteiger partial charge < -0.3 is 10.4 Å². The minimum absolute atomic E-state index is 0.0753. The maximum Gasteiger partial charge on any atom is 0.303 e. The van der Waals surface area contributed by atoms with Gasteiger partial charge in [0.2, 0.25) is 16.9 Å². The normalized spacial score (nSPS) is 11.6. The summed E-state index contributed by atoms with van der Waals surface area (Å²) in [5, 5.41) is 22.5. The number of nitrogens with one attached hydrogen (secondary N) is 2. The molecule has 0 aliphatic rings. The smallest absolute Gasteiger partial charge is 0.303 e. The fraction of sp³-hybridized carbons (Fsp3) is 0.312. The lowest BCUT2D eigenvalue weighted by atomic mass is 10.2. The van der Waals surface area contributed by atoms with Crippen molar-refractivity contribution in [2.24, 2.45) is 0 Å². The molecule has 0 saturated carbocycles. The maximum atomic E-state index is 12.2. The van der Waals surface area contributed by atoms with Crippen LogP contribution in [0.4, 0.5) is 10.8 Å². The molecule has 10 heteroatoms. The summed E-state index contributed by atoms with van der Waals surface area (Å²) in [5.74, 6) is -1.53. The maximum absolute atomic E-state index is 12.2. The van der Waals surface area contributed by atoms with Crippen molar-refractivity contribution >= 4 is 51.7 Å². The zero-order chi connectivity index (χ0) is 19.1. The van der Waals surface area contributed by atoms with Crippen LogP contribution in [0.15, 0.2) is 29.2 Å². The van der Waals surface area contributed by atoms with E-state index in [1.165, 1.54) is 23.1 Å². The highest BCUT2D eigenvalue weighted by Gasteiger charge is 2.16. The van der Waals surface area contributed by atoms with Crippen LogP contribution in [-0.4, -0.2) is 38.3 Å². The molecule has 8 nitrogen and oxygen atoms in total. The Morgan fingerprint density at radius 3 is 2.42 bits per heavy atom. The van der Waals surface area contributed by atoms with Gasteiger partial charge in [-0.1, -0.05) is 11.3 Å². The molecule has 2 aromatic rings. The molecule has 1 aromatic heterocycles. The van der Waals surface area contributed by atoms with Gasteiger partial charge in [-0.25, -0.2) is 0 Å². The van der Waals surface area contributed by atoms with Gasteiger partial charge in [-0.2, -0.15) is 0 Å². The first-order chi connectivity index (χ1) is 12.3. The summed E-state index contributed by atoms with van der Waals surface area (Å²) in [4.78, 5) is 35.1. The van der Waals surface area contributed by atoms with E-state index in [0.717, 1.165) is 9.90 Å². The lowest BCUT2D eigenvalue weighted by Gasteiger charge is -2.11. The van der Waals surface area contributed by atoms with Gasteiger partial charge in [0.05, 0.1) is 11.7 Å². The quantitative estimate of drug-likeness (QED) is 0.589. The predicted octanol–water partition coefficient (Wildman–Crippen LogP) is 2.77. The van der Waals surface area contributed by atoms with E-state index in [1.807, 2.05) is 6.92 Å². The summed E-state index contributed by atoms with van der Waals surface area (Å²) in [7, 11) is 0. The number of hydrogen-bond donors (Lipinski definition) is 3. The van der Waals surface area contributed by atoms with Crippen molar-refractivity contribution < 1.29 is 19.5 Å². The lowest BCUT2D eigenvalue weighted by Crippen LogP contribution is -2.22. The summed E-state index contributed by atoms with van der Waals surface area (Å²) in [6, 6.07) is 6.99. The van der Waals surface area contributed by atoms with Crippen molar-refractivity contribution in [3.63, 3.8) is 0 Å². The zero-order valence-electron chi connectivity index (χ0n) is 14.2. The molecule has 0 fully saturated rings. The average molecular weight is 394 g/mol. The second kappa shape index (κ2) is 9.30. The zero-order valence-corrected chi connectivity index (χ0v) is 15.8. The average Bonchev–Trinajstić information content (AvgIpc) is 2.99. The highest BCUT2D eigenvalue weighted by atomic mass is 32.2. The molecule has 0 spiro atoms. The number of benzene rings is 1. The molecule has 0 aliphatic carbocycles. The number of carbonyl (C=O) groups excluding carboxylic acids is 2. The van der Waals surface area contributed by atoms with E-state index in [0.29, 0.717) is 10.8 Å². The SMILES string of the molecule is Cc1nnc(NC(=O)[C@H](C)Sc2ccc(NC(=O)CCC(=O)O)cc2)s1. The van der Waals surface area contributed by atoms with E-state index in [1.54, 1.807) is 31.2 Å². The van der Waals surface area contributed by atoms with Gasteiger partial charge in [0.25, 0.3) is 0 Å². The van der Waals surface area contributed by atoms with Crippen molar-refractivity contribution in [1.29, 1.82) is 0 Å². The number of nitrogens with zero attached hydrogens (tertiary/aromatic N) is 2. The minimum Gasteiger partial charge on any atom is -0.481 e. The third-order valence-corrected chi connectivity index (χ3v) is 5.01. The molecule has 138 valence electrons. The highest BCUT2D eigenvalue weighted by molar-refractivity contribution is 8.00. The number of carbonyl (C=O) groups is 3. The van der Waals surface area contributed by atoms with Crippen LogP contribution in [0.2, 0.25) is 0 Å². The van der Waals surface area contributed by atoms with E-state index in [2.05, 4.69) is 20.8 Å². The number of anilines is 2. The van der Waals surface area contributed by atoms with E-state index in [-0.39, 0.29) is 29.9 Å². The van der Waals surface area contributed by atoms with E-state index in [4.69, 9.17) is 5.11 Å². The van der Waals surface area contributed by atoms with E-state index in [9.17, 15) is 14.4 Å². The van der Waals surface area contributed by atoms with Gasteiger partial charge in [0.1, 0.15) is 5.01 Å². The molecule has 26 heavy (non-hydrogen) atoms. The van der Waals surface area contributed by atoms with Gasteiger partial charge in [0.15, 0.2) is 0 Å². The minimum atomic E-state index is -1.01. The number of aromatic nitrogens is 2. The summed E-state index contributed by atoms with van der Waals surface area (Å²) in [5.41, 5.74) is 0.575. The molecule has 1 heterocycles. The summed E-state index contributed by atoms with van der Waals surface area (Å²) >= 11 is 2.69. The fourth-order valence-corrected chi connectivity index (χ4v) is 3.33. The van der Waals surface area contributed by atoms with Crippen molar-refractivity contribution in [1.82, 2.24) is 10.2 Å². The number of aryl methyl sites for hydroxylation is 1. The number of hydrogen-bond acceptors (Lipinski definition) is 7. The van der Waals surface area contributed by atoms with Crippen LogP contribution in [0.25, 0.3) is 0 Å². The largest absolute Gasteiger partial charge is 0.481 e.